The third-order valence-corrected chi connectivity index (χ3v) is 2.69. The summed E-state index contributed by atoms with van der Waals surface area (Å²) in [6, 6.07) is 0. The van der Waals surface area contributed by atoms with E-state index in [1.807, 2.05) is 13.8 Å². The molecule has 1 aromatic heterocycles. The molecule has 0 atom stereocenters. The van der Waals surface area contributed by atoms with Crippen molar-refractivity contribution in [2.24, 2.45) is 11.3 Å². The van der Waals surface area contributed by atoms with Crippen molar-refractivity contribution in [2.45, 2.75) is 34.6 Å². The topological polar surface area (TPSA) is 44.1 Å². The monoisotopic (exact) mass is 282 g/mol. The molecule has 0 N–H and O–H groups in total. The van der Waals surface area contributed by atoms with Crippen LogP contribution in [0.3, 0.4) is 0 Å². The average Bonchev–Trinajstić information content (AvgIpc) is 2.77. The van der Waals surface area contributed by atoms with Gasteiger partial charge < -0.3 is 4.74 Å². The Morgan fingerprint density at radius 2 is 2.20 bits per heavy atom. The molecule has 5 heteroatoms. The number of ether oxygens (including phenoxy) is 1. The predicted octanol–water partition coefficient (Wildman–Crippen LogP) is 3.59. The minimum Gasteiger partial charge on any atom is -0.477 e. The van der Waals surface area contributed by atoms with E-state index >= 15 is 0 Å². The molecule has 0 saturated carbocycles. The van der Waals surface area contributed by atoms with Crippen LogP contribution in [0.2, 0.25) is 0 Å². The first-order chi connectivity index (χ1) is 9.26. The third-order valence-electron chi connectivity index (χ3n) is 2.69. The molecule has 0 amide bonds. The van der Waals surface area contributed by atoms with Crippen LogP contribution in [0.15, 0.2) is 12.3 Å². The standard InChI is InChI=1S/C15H23FN2O2/c1-11(2)9-20-14-13(12(3)19)8-17-18(14)7-6-15(4,5)10-16/h6-8,11H,9-10H2,1-5H3/b7-6+. The lowest BCUT2D eigenvalue weighted by Crippen LogP contribution is -2.12. The highest BCUT2D eigenvalue weighted by atomic mass is 19.1. The quantitative estimate of drug-likeness (QED) is 0.718. The molecule has 0 saturated heterocycles. The number of halogens is 1. The van der Waals surface area contributed by atoms with Crippen molar-refractivity contribution in [3.8, 4) is 5.88 Å². The highest BCUT2D eigenvalue weighted by Crippen LogP contribution is 2.23. The van der Waals surface area contributed by atoms with Crippen LogP contribution in [0.25, 0.3) is 6.20 Å². The molecule has 4 nitrogen and oxygen atoms in total. The third kappa shape index (κ3) is 4.47. The fraction of sp³-hybridized carbons (Fsp3) is 0.600. The minimum absolute atomic E-state index is 0.104. The van der Waals surface area contributed by atoms with E-state index in [9.17, 15) is 9.18 Å². The number of hydrogen-bond acceptors (Lipinski definition) is 3. The van der Waals surface area contributed by atoms with Gasteiger partial charge in [-0.3, -0.25) is 9.18 Å². The summed E-state index contributed by atoms with van der Waals surface area (Å²) in [6.45, 7) is 9.12. The molecular weight excluding hydrogens is 259 g/mol. The molecule has 20 heavy (non-hydrogen) atoms. The van der Waals surface area contributed by atoms with Gasteiger partial charge in [-0.15, -0.1) is 0 Å². The zero-order valence-corrected chi connectivity index (χ0v) is 12.8. The Morgan fingerprint density at radius 1 is 1.55 bits per heavy atom. The van der Waals surface area contributed by atoms with Gasteiger partial charge in [0.05, 0.1) is 25.0 Å². The van der Waals surface area contributed by atoms with E-state index in [-0.39, 0.29) is 5.78 Å². The van der Waals surface area contributed by atoms with Crippen LogP contribution in [-0.4, -0.2) is 28.8 Å². The van der Waals surface area contributed by atoms with E-state index in [0.29, 0.717) is 24.0 Å². The summed E-state index contributed by atoms with van der Waals surface area (Å²) >= 11 is 0. The van der Waals surface area contributed by atoms with Gasteiger partial charge in [-0.05, 0) is 12.8 Å². The van der Waals surface area contributed by atoms with Crippen LogP contribution < -0.4 is 4.74 Å². The van der Waals surface area contributed by atoms with Crippen molar-refractivity contribution in [1.82, 2.24) is 9.78 Å². The number of nitrogens with zero attached hydrogens (tertiary/aromatic N) is 2. The molecule has 0 aromatic carbocycles. The van der Waals surface area contributed by atoms with E-state index in [2.05, 4.69) is 5.10 Å². The van der Waals surface area contributed by atoms with Crippen molar-refractivity contribution in [2.75, 3.05) is 13.3 Å². The molecule has 0 fully saturated rings. The zero-order chi connectivity index (χ0) is 15.3. The van der Waals surface area contributed by atoms with Gasteiger partial charge in [0.25, 0.3) is 0 Å². The molecule has 1 rings (SSSR count). The Bertz CT molecular complexity index is 490. The molecule has 0 aliphatic carbocycles. The molecule has 1 heterocycles. The first-order valence-corrected chi connectivity index (χ1v) is 6.73. The van der Waals surface area contributed by atoms with Crippen LogP contribution >= 0.6 is 0 Å². The van der Waals surface area contributed by atoms with Gasteiger partial charge in [-0.2, -0.15) is 5.10 Å². The molecule has 0 bridgehead atoms. The Balaban J connectivity index is 3.04. The second-order valence-corrected chi connectivity index (χ2v) is 6.01. The smallest absolute Gasteiger partial charge is 0.227 e. The molecule has 0 unspecified atom stereocenters. The van der Waals surface area contributed by atoms with Gasteiger partial charge in [0.1, 0.15) is 0 Å². The molecule has 0 spiro atoms. The molecular formula is C15H23FN2O2. The Kier molecular flexibility index (Phi) is 5.48. The maximum Gasteiger partial charge on any atom is 0.227 e. The number of carbonyl (C=O) groups excluding carboxylic acids is 1. The van der Waals surface area contributed by atoms with Crippen LogP contribution in [0.5, 0.6) is 5.88 Å². The number of carbonyl (C=O) groups is 1. The van der Waals surface area contributed by atoms with Gasteiger partial charge in [-0.1, -0.05) is 33.8 Å². The van der Waals surface area contributed by atoms with Crippen molar-refractivity contribution in [3.63, 3.8) is 0 Å². The summed E-state index contributed by atoms with van der Waals surface area (Å²) in [6.07, 6.45) is 4.83. The number of ketones is 1. The lowest BCUT2D eigenvalue weighted by atomic mass is 9.96. The predicted molar refractivity (Wildman–Crippen MR) is 77.7 cm³/mol. The lowest BCUT2D eigenvalue weighted by molar-refractivity contribution is 0.101. The summed E-state index contributed by atoms with van der Waals surface area (Å²) in [5.74, 6) is 0.648. The number of allylic oxidation sites excluding steroid dienone is 1. The minimum atomic E-state index is -0.572. The summed E-state index contributed by atoms with van der Waals surface area (Å²) < 4.78 is 19.9. The summed E-state index contributed by atoms with van der Waals surface area (Å²) in [7, 11) is 0. The molecule has 0 radical (unpaired) electrons. The lowest BCUT2D eigenvalue weighted by Gasteiger charge is -2.15. The maximum atomic E-state index is 12.8. The van der Waals surface area contributed by atoms with Crippen LogP contribution in [0.4, 0.5) is 4.39 Å². The summed E-state index contributed by atoms with van der Waals surface area (Å²) in [4.78, 5) is 11.6. The van der Waals surface area contributed by atoms with E-state index in [1.165, 1.54) is 17.8 Å². The van der Waals surface area contributed by atoms with Gasteiger partial charge in [0.2, 0.25) is 5.88 Å². The summed E-state index contributed by atoms with van der Waals surface area (Å²) in [5, 5.41) is 4.11. The summed E-state index contributed by atoms with van der Waals surface area (Å²) in [5.41, 5.74) is -0.133. The van der Waals surface area contributed by atoms with E-state index in [1.54, 1.807) is 26.1 Å². The van der Waals surface area contributed by atoms with Crippen molar-refractivity contribution >= 4 is 12.0 Å². The zero-order valence-electron chi connectivity index (χ0n) is 12.8. The van der Waals surface area contributed by atoms with Gasteiger partial charge in [-0.25, -0.2) is 4.68 Å². The van der Waals surface area contributed by atoms with Crippen molar-refractivity contribution < 1.29 is 13.9 Å². The second-order valence-electron chi connectivity index (χ2n) is 6.01. The second kappa shape index (κ2) is 6.68. The molecule has 0 aliphatic heterocycles. The van der Waals surface area contributed by atoms with Gasteiger partial charge in [0, 0.05) is 11.6 Å². The molecule has 112 valence electrons. The number of aromatic nitrogens is 2. The first-order valence-electron chi connectivity index (χ1n) is 6.73. The van der Waals surface area contributed by atoms with Crippen LogP contribution in [0, 0.1) is 11.3 Å². The number of rotatable bonds is 7. The highest BCUT2D eigenvalue weighted by molar-refractivity contribution is 5.96. The molecule has 1 aromatic rings. The average molecular weight is 282 g/mol. The fourth-order valence-corrected chi connectivity index (χ4v) is 1.41. The van der Waals surface area contributed by atoms with E-state index in [0.717, 1.165) is 0 Å². The molecule has 0 aliphatic rings. The Labute approximate surface area is 119 Å². The van der Waals surface area contributed by atoms with Gasteiger partial charge >= 0.3 is 0 Å². The fourth-order valence-electron chi connectivity index (χ4n) is 1.41. The maximum absolute atomic E-state index is 12.8. The van der Waals surface area contributed by atoms with Crippen LogP contribution in [0.1, 0.15) is 45.0 Å². The normalized spacial score (nSPS) is 12.3. The number of alkyl halides is 1. The van der Waals surface area contributed by atoms with Crippen LogP contribution in [-0.2, 0) is 0 Å². The SMILES string of the molecule is CC(=O)c1cnn(/C=C/C(C)(C)CF)c1OCC(C)C. The first kappa shape index (κ1) is 16.4. The largest absolute Gasteiger partial charge is 0.477 e. The number of Topliss-reactive ketones (excluding diaryl/α,β-unsaturated/α-hetero) is 1. The van der Waals surface area contributed by atoms with E-state index < -0.39 is 12.1 Å². The Morgan fingerprint density at radius 3 is 2.70 bits per heavy atom. The van der Waals surface area contributed by atoms with Crippen molar-refractivity contribution in [1.29, 1.82) is 0 Å². The van der Waals surface area contributed by atoms with Gasteiger partial charge in [0.15, 0.2) is 5.78 Å². The van der Waals surface area contributed by atoms with E-state index in [4.69, 9.17) is 4.74 Å². The van der Waals surface area contributed by atoms with Crippen molar-refractivity contribution in [3.05, 3.63) is 17.8 Å². The Hall–Kier alpha value is -1.65. The number of hydrogen-bond donors (Lipinski definition) is 0. The highest BCUT2D eigenvalue weighted by Gasteiger charge is 2.17.